The summed E-state index contributed by atoms with van der Waals surface area (Å²) < 4.78 is 59.0. The lowest BCUT2D eigenvalue weighted by atomic mass is 10.1. The van der Waals surface area contributed by atoms with Gasteiger partial charge in [0.1, 0.15) is 11.0 Å². The van der Waals surface area contributed by atoms with E-state index in [2.05, 4.69) is 9.71 Å². The number of carbonyl (C=O) groups is 1. The van der Waals surface area contributed by atoms with Crippen molar-refractivity contribution in [1.82, 2.24) is 9.88 Å². The van der Waals surface area contributed by atoms with Crippen LogP contribution in [0.1, 0.15) is 19.8 Å². The van der Waals surface area contributed by atoms with Gasteiger partial charge in [0, 0.05) is 41.4 Å². The SMILES string of the molecule is CCN=S(c1ccc(S(=O)Nc2ccc(Cl)c3c(Cl)c[nH]c23)cc1)C1CCN(C(=O)C(F)(F)F)CC1. The quantitative estimate of drug-likeness (QED) is 0.358. The van der Waals surface area contributed by atoms with Crippen molar-refractivity contribution >= 4 is 67.4 Å². The number of piperidine rings is 1. The second kappa shape index (κ2) is 11.1. The van der Waals surface area contributed by atoms with Crippen molar-refractivity contribution in [2.75, 3.05) is 24.4 Å². The van der Waals surface area contributed by atoms with Crippen LogP contribution in [-0.4, -0.2) is 51.1 Å². The molecule has 1 aliphatic rings. The molecule has 0 saturated carbocycles. The van der Waals surface area contributed by atoms with Crippen molar-refractivity contribution in [3.8, 4) is 0 Å². The molecule has 1 aliphatic heterocycles. The fourth-order valence-electron chi connectivity index (χ4n) is 4.09. The number of carbonyl (C=O) groups excluding carboxylic acids is 1. The average Bonchev–Trinajstić information content (AvgIpc) is 3.26. The summed E-state index contributed by atoms with van der Waals surface area (Å²) >= 11 is 12.4. The van der Waals surface area contributed by atoms with E-state index in [-0.39, 0.29) is 18.3 Å². The summed E-state index contributed by atoms with van der Waals surface area (Å²) in [5, 5.41) is 1.63. The minimum atomic E-state index is -4.85. The summed E-state index contributed by atoms with van der Waals surface area (Å²) in [7, 11) is -2.12. The molecule has 1 aromatic heterocycles. The highest BCUT2D eigenvalue weighted by molar-refractivity contribution is 7.88. The highest BCUT2D eigenvalue weighted by atomic mass is 35.5. The molecule has 2 unspecified atom stereocenters. The maximum absolute atomic E-state index is 13.0. The van der Waals surface area contributed by atoms with Gasteiger partial charge < -0.3 is 9.88 Å². The number of benzene rings is 2. The first-order valence-electron chi connectivity index (χ1n) is 11.1. The first kappa shape index (κ1) is 27.0. The lowest BCUT2D eigenvalue weighted by molar-refractivity contribution is -0.186. The van der Waals surface area contributed by atoms with Gasteiger partial charge in [0.25, 0.3) is 0 Å². The number of likely N-dealkylation sites (tertiary alicyclic amines) is 1. The molecule has 0 radical (unpaired) electrons. The summed E-state index contributed by atoms with van der Waals surface area (Å²) in [6.45, 7) is 2.58. The Bertz CT molecular complexity index is 1320. The lowest BCUT2D eigenvalue weighted by Gasteiger charge is -2.33. The third kappa shape index (κ3) is 5.74. The van der Waals surface area contributed by atoms with Crippen molar-refractivity contribution in [3.63, 3.8) is 0 Å². The van der Waals surface area contributed by atoms with Crippen LogP contribution < -0.4 is 4.72 Å². The highest BCUT2D eigenvalue weighted by Crippen LogP contribution is 2.35. The van der Waals surface area contributed by atoms with Crippen molar-refractivity contribution in [2.24, 2.45) is 4.36 Å². The topological polar surface area (TPSA) is 77.6 Å². The highest BCUT2D eigenvalue weighted by Gasteiger charge is 2.43. The summed E-state index contributed by atoms with van der Waals surface area (Å²) in [4.78, 5) is 16.9. The fourth-order valence-corrected chi connectivity index (χ4v) is 7.61. The number of amides is 1. The molecule has 6 nitrogen and oxygen atoms in total. The van der Waals surface area contributed by atoms with E-state index in [4.69, 9.17) is 27.6 Å². The van der Waals surface area contributed by atoms with Crippen LogP contribution >= 0.6 is 23.2 Å². The molecular formula is C23H23Cl2F3N4O2S2. The number of halogens is 5. The molecule has 13 heteroatoms. The van der Waals surface area contributed by atoms with Gasteiger partial charge in [0.15, 0.2) is 0 Å². The summed E-state index contributed by atoms with van der Waals surface area (Å²) in [6.07, 6.45) is -2.36. The minimum Gasteiger partial charge on any atom is -0.358 e. The molecule has 194 valence electrons. The van der Waals surface area contributed by atoms with Crippen LogP contribution in [0.25, 0.3) is 10.9 Å². The molecule has 2 atom stereocenters. The third-order valence-electron chi connectivity index (χ3n) is 5.77. The predicted octanol–water partition coefficient (Wildman–Crippen LogP) is 6.34. The smallest absolute Gasteiger partial charge is 0.358 e. The number of aromatic nitrogens is 1. The second-order valence-electron chi connectivity index (χ2n) is 8.07. The second-order valence-corrected chi connectivity index (χ2v) is 12.1. The van der Waals surface area contributed by atoms with Crippen molar-refractivity contribution < 1.29 is 22.2 Å². The zero-order chi connectivity index (χ0) is 26.0. The van der Waals surface area contributed by atoms with E-state index in [1.807, 2.05) is 19.1 Å². The Labute approximate surface area is 221 Å². The summed E-state index contributed by atoms with van der Waals surface area (Å²) in [6, 6.07) is 10.6. The fraction of sp³-hybridized carbons (Fsp3) is 0.348. The van der Waals surface area contributed by atoms with Crippen LogP contribution in [0, 0.1) is 0 Å². The standard InChI is InChI=1S/C23H23Cl2F3N4O2S2/c1-2-30-35(15-9-11-32(12-10-15)22(33)23(26,27)28)14-3-5-16(6-4-14)36(34)31-19-8-7-17(24)20-18(25)13-29-21(19)20/h3-8,13,15,29,31H,2,9-12H2,1H3. The van der Waals surface area contributed by atoms with Gasteiger partial charge >= 0.3 is 12.1 Å². The Morgan fingerprint density at radius 3 is 2.36 bits per heavy atom. The Morgan fingerprint density at radius 1 is 1.11 bits per heavy atom. The average molecular weight is 579 g/mol. The van der Waals surface area contributed by atoms with Gasteiger partial charge in [0.05, 0.1) is 26.1 Å². The van der Waals surface area contributed by atoms with Crippen LogP contribution in [0.3, 0.4) is 0 Å². The van der Waals surface area contributed by atoms with Crippen LogP contribution in [-0.2, 0) is 26.5 Å². The van der Waals surface area contributed by atoms with Gasteiger partial charge in [-0.15, -0.1) is 0 Å². The Hall–Kier alpha value is -2.08. The van der Waals surface area contributed by atoms with Crippen molar-refractivity contribution in [2.45, 2.75) is 41.0 Å². The lowest BCUT2D eigenvalue weighted by Crippen LogP contribution is -2.46. The number of fused-ring (bicyclic) bond motifs is 1. The number of hydrogen-bond acceptors (Lipinski definition) is 3. The largest absolute Gasteiger partial charge is 0.471 e. The van der Waals surface area contributed by atoms with Gasteiger partial charge in [-0.25, -0.2) is 4.21 Å². The number of alkyl halides is 3. The van der Waals surface area contributed by atoms with E-state index in [9.17, 15) is 22.2 Å². The number of aromatic amines is 1. The first-order chi connectivity index (χ1) is 17.1. The third-order valence-corrected chi connectivity index (χ3v) is 9.89. The van der Waals surface area contributed by atoms with E-state index >= 15 is 0 Å². The molecule has 4 rings (SSSR count). The predicted molar refractivity (Wildman–Crippen MR) is 139 cm³/mol. The molecule has 2 aromatic carbocycles. The molecule has 3 aromatic rings. The number of hydrogen-bond donors (Lipinski definition) is 2. The molecule has 0 spiro atoms. The molecule has 1 saturated heterocycles. The van der Waals surface area contributed by atoms with Crippen LogP contribution in [0.5, 0.6) is 0 Å². The first-order valence-corrected chi connectivity index (χ1v) is 14.3. The maximum Gasteiger partial charge on any atom is 0.471 e. The number of nitrogens with zero attached hydrogens (tertiary/aromatic N) is 2. The molecule has 1 fully saturated rings. The van der Waals surface area contributed by atoms with Gasteiger partial charge in [0.2, 0.25) is 0 Å². The van der Waals surface area contributed by atoms with E-state index in [0.717, 1.165) is 9.80 Å². The molecule has 0 bridgehead atoms. The molecular weight excluding hydrogens is 556 g/mol. The maximum atomic E-state index is 13.0. The zero-order valence-electron chi connectivity index (χ0n) is 19.1. The van der Waals surface area contributed by atoms with Crippen molar-refractivity contribution in [1.29, 1.82) is 0 Å². The van der Waals surface area contributed by atoms with Gasteiger partial charge in [-0.3, -0.25) is 13.9 Å². The minimum absolute atomic E-state index is 0.0386. The van der Waals surface area contributed by atoms with Gasteiger partial charge in [-0.1, -0.05) is 33.9 Å². The Balaban J connectivity index is 1.47. The van der Waals surface area contributed by atoms with E-state index in [1.54, 1.807) is 30.5 Å². The number of nitrogens with one attached hydrogen (secondary N) is 2. The van der Waals surface area contributed by atoms with E-state index < -0.39 is 33.8 Å². The summed E-state index contributed by atoms with van der Waals surface area (Å²) in [5.41, 5.74) is 1.24. The van der Waals surface area contributed by atoms with Crippen LogP contribution in [0.2, 0.25) is 10.0 Å². The van der Waals surface area contributed by atoms with E-state index in [1.165, 1.54) is 0 Å². The van der Waals surface area contributed by atoms with Crippen LogP contribution in [0.15, 0.2) is 56.7 Å². The van der Waals surface area contributed by atoms with E-state index in [0.29, 0.717) is 50.9 Å². The Kier molecular flexibility index (Phi) is 8.33. The van der Waals surface area contributed by atoms with Gasteiger partial charge in [-0.2, -0.15) is 13.2 Å². The molecule has 2 heterocycles. The molecule has 2 N–H and O–H groups in total. The monoisotopic (exact) mass is 578 g/mol. The van der Waals surface area contributed by atoms with Crippen LogP contribution in [0.4, 0.5) is 18.9 Å². The zero-order valence-corrected chi connectivity index (χ0v) is 22.2. The number of rotatable bonds is 6. The van der Waals surface area contributed by atoms with Crippen molar-refractivity contribution in [3.05, 3.63) is 52.6 Å². The molecule has 36 heavy (non-hydrogen) atoms. The molecule has 1 amide bonds. The molecule has 0 aliphatic carbocycles. The normalized spacial score (nSPS) is 16.9. The summed E-state index contributed by atoms with van der Waals surface area (Å²) in [5.74, 6) is -1.79. The number of H-pyrrole nitrogens is 1. The van der Waals surface area contributed by atoms with Gasteiger partial charge in [-0.05, 0) is 56.2 Å². The Morgan fingerprint density at radius 2 is 1.75 bits per heavy atom. The number of anilines is 1.